The van der Waals surface area contributed by atoms with Crippen LogP contribution in [0.4, 0.5) is 10.2 Å². The first-order chi connectivity index (χ1) is 12.8. The Morgan fingerprint density at radius 2 is 1.74 bits per heavy atom. The lowest BCUT2D eigenvalue weighted by Gasteiger charge is -2.14. The summed E-state index contributed by atoms with van der Waals surface area (Å²) < 4.78 is 14.9. The highest BCUT2D eigenvalue weighted by Gasteiger charge is 2.21. The molecule has 27 heavy (non-hydrogen) atoms. The largest absolute Gasteiger partial charge is 0.306 e. The quantitative estimate of drug-likeness (QED) is 0.749. The van der Waals surface area contributed by atoms with Crippen LogP contribution in [0.3, 0.4) is 0 Å². The van der Waals surface area contributed by atoms with Crippen LogP contribution >= 0.6 is 0 Å². The van der Waals surface area contributed by atoms with E-state index in [1.807, 2.05) is 32.9 Å². The summed E-state index contributed by atoms with van der Waals surface area (Å²) in [5, 5.41) is 16.3. The van der Waals surface area contributed by atoms with Gasteiger partial charge in [0, 0.05) is 17.0 Å². The smallest absolute Gasteiger partial charge is 0.256 e. The van der Waals surface area contributed by atoms with Crippen LogP contribution in [-0.2, 0) is 5.41 Å². The maximum atomic E-state index is 13.3. The average Bonchev–Trinajstić information content (AvgIpc) is 3.06. The highest BCUT2D eigenvalue weighted by atomic mass is 19.1. The number of carbonyl (C=O) groups excluding carboxylic acids is 1. The van der Waals surface area contributed by atoms with Gasteiger partial charge in [-0.3, -0.25) is 4.79 Å². The van der Waals surface area contributed by atoms with Gasteiger partial charge >= 0.3 is 0 Å². The second kappa shape index (κ2) is 7.04. The van der Waals surface area contributed by atoms with Crippen LogP contribution in [0, 0.1) is 17.1 Å². The Kier molecular flexibility index (Phi) is 4.78. The Hall–Kier alpha value is -3.46. The molecule has 0 aliphatic rings. The van der Waals surface area contributed by atoms with E-state index in [9.17, 15) is 9.18 Å². The summed E-state index contributed by atoms with van der Waals surface area (Å²) in [5.74, 6) is -0.172. The lowest BCUT2D eigenvalue weighted by Crippen LogP contribution is -2.15. The molecular weight excluding hydrogens is 343 g/mol. The normalized spacial score (nSPS) is 11.1. The van der Waals surface area contributed by atoms with Gasteiger partial charge in [-0.25, -0.2) is 9.07 Å². The number of nitrogens with one attached hydrogen (secondary N) is 1. The van der Waals surface area contributed by atoms with Gasteiger partial charge in [0.2, 0.25) is 0 Å². The highest BCUT2D eigenvalue weighted by Crippen LogP contribution is 2.26. The molecule has 6 heteroatoms. The van der Waals surface area contributed by atoms with E-state index in [1.165, 1.54) is 12.1 Å². The number of nitriles is 1. The highest BCUT2D eigenvalue weighted by molar-refractivity contribution is 6.04. The molecule has 136 valence electrons. The minimum absolute atomic E-state index is 0.223. The fourth-order valence-corrected chi connectivity index (χ4v) is 2.50. The number of carbonyl (C=O) groups is 1. The van der Waals surface area contributed by atoms with E-state index in [-0.39, 0.29) is 17.1 Å². The summed E-state index contributed by atoms with van der Waals surface area (Å²) in [4.78, 5) is 12.6. The van der Waals surface area contributed by atoms with E-state index >= 15 is 0 Å². The number of aromatic nitrogens is 2. The van der Waals surface area contributed by atoms with Crippen molar-refractivity contribution in [1.29, 1.82) is 5.26 Å². The Bertz CT molecular complexity index is 1010. The van der Waals surface area contributed by atoms with E-state index in [0.717, 1.165) is 5.69 Å². The van der Waals surface area contributed by atoms with Crippen LogP contribution in [0.1, 0.15) is 42.4 Å². The van der Waals surface area contributed by atoms with Crippen molar-refractivity contribution in [3.05, 3.63) is 77.2 Å². The van der Waals surface area contributed by atoms with Crippen molar-refractivity contribution in [2.75, 3.05) is 5.32 Å². The van der Waals surface area contributed by atoms with Gasteiger partial charge in [0.1, 0.15) is 11.6 Å². The molecule has 0 fully saturated rings. The molecule has 0 aliphatic carbocycles. The van der Waals surface area contributed by atoms with Gasteiger partial charge in [0.15, 0.2) is 0 Å². The van der Waals surface area contributed by atoms with Crippen LogP contribution in [-0.4, -0.2) is 15.7 Å². The average molecular weight is 362 g/mol. The number of halogens is 1. The molecule has 1 N–H and O–H groups in total. The summed E-state index contributed by atoms with van der Waals surface area (Å²) in [5.41, 5.74) is 2.12. The van der Waals surface area contributed by atoms with Gasteiger partial charge in [-0.2, -0.15) is 10.4 Å². The van der Waals surface area contributed by atoms with Crippen molar-refractivity contribution < 1.29 is 9.18 Å². The molecule has 1 aromatic heterocycles. The van der Waals surface area contributed by atoms with E-state index < -0.39 is 0 Å². The zero-order valence-electron chi connectivity index (χ0n) is 15.3. The van der Waals surface area contributed by atoms with Crippen molar-refractivity contribution in [2.24, 2.45) is 0 Å². The SMILES string of the molecule is CC(C)(C)c1cc(NC(=O)c2ccc(C#N)cc2)n(-c2ccc(F)cc2)n1. The first kappa shape index (κ1) is 18.3. The molecule has 5 nitrogen and oxygen atoms in total. The summed E-state index contributed by atoms with van der Waals surface area (Å²) in [6, 6.07) is 16.1. The van der Waals surface area contributed by atoms with Crippen molar-refractivity contribution in [2.45, 2.75) is 26.2 Å². The minimum Gasteiger partial charge on any atom is -0.306 e. The second-order valence-corrected chi connectivity index (χ2v) is 7.20. The fourth-order valence-electron chi connectivity index (χ4n) is 2.50. The molecule has 3 rings (SSSR count). The van der Waals surface area contributed by atoms with Gasteiger partial charge in [-0.15, -0.1) is 0 Å². The number of amides is 1. The molecule has 0 saturated heterocycles. The van der Waals surface area contributed by atoms with Crippen molar-refractivity contribution in [3.8, 4) is 11.8 Å². The van der Waals surface area contributed by atoms with Crippen molar-refractivity contribution in [3.63, 3.8) is 0 Å². The molecule has 1 amide bonds. The molecule has 0 spiro atoms. The van der Waals surface area contributed by atoms with Gasteiger partial charge in [0.25, 0.3) is 5.91 Å². The van der Waals surface area contributed by atoms with Crippen LogP contribution in [0.15, 0.2) is 54.6 Å². The number of benzene rings is 2. The predicted molar refractivity (Wildman–Crippen MR) is 101 cm³/mol. The number of hydrogen-bond acceptors (Lipinski definition) is 3. The molecule has 0 unspecified atom stereocenters. The monoisotopic (exact) mass is 362 g/mol. The van der Waals surface area contributed by atoms with Crippen LogP contribution in [0.2, 0.25) is 0 Å². The number of hydrogen-bond donors (Lipinski definition) is 1. The van der Waals surface area contributed by atoms with Crippen molar-refractivity contribution >= 4 is 11.7 Å². The maximum Gasteiger partial charge on any atom is 0.256 e. The van der Waals surface area contributed by atoms with E-state index in [2.05, 4.69) is 10.4 Å². The molecule has 0 aliphatic heterocycles. The van der Waals surface area contributed by atoms with Crippen LogP contribution in [0.5, 0.6) is 0 Å². The number of nitrogens with zero attached hydrogens (tertiary/aromatic N) is 3. The lowest BCUT2D eigenvalue weighted by atomic mass is 9.92. The van der Waals surface area contributed by atoms with Crippen LogP contribution in [0.25, 0.3) is 5.69 Å². The summed E-state index contributed by atoms with van der Waals surface area (Å²) >= 11 is 0. The molecule has 0 bridgehead atoms. The second-order valence-electron chi connectivity index (χ2n) is 7.20. The topological polar surface area (TPSA) is 70.7 Å². The predicted octanol–water partition coefficient (Wildman–Crippen LogP) is 4.43. The van der Waals surface area contributed by atoms with E-state index in [1.54, 1.807) is 41.1 Å². The molecule has 0 saturated carbocycles. The first-order valence-corrected chi connectivity index (χ1v) is 8.46. The molecule has 3 aromatic rings. The third-order valence-electron chi connectivity index (χ3n) is 4.07. The molecule has 1 heterocycles. The fraction of sp³-hybridized carbons (Fsp3) is 0.190. The Labute approximate surface area is 157 Å². The Balaban J connectivity index is 1.97. The summed E-state index contributed by atoms with van der Waals surface area (Å²) in [7, 11) is 0. The maximum absolute atomic E-state index is 13.3. The molecule has 0 atom stereocenters. The van der Waals surface area contributed by atoms with Gasteiger partial charge in [0.05, 0.1) is 23.0 Å². The van der Waals surface area contributed by atoms with Gasteiger partial charge in [-0.1, -0.05) is 20.8 Å². The summed E-state index contributed by atoms with van der Waals surface area (Å²) in [6.45, 7) is 6.07. The van der Waals surface area contributed by atoms with E-state index in [0.29, 0.717) is 22.6 Å². The third kappa shape index (κ3) is 4.04. The zero-order chi connectivity index (χ0) is 19.6. The number of anilines is 1. The van der Waals surface area contributed by atoms with Crippen LogP contribution < -0.4 is 5.32 Å². The summed E-state index contributed by atoms with van der Waals surface area (Å²) in [6.07, 6.45) is 0. The lowest BCUT2D eigenvalue weighted by molar-refractivity contribution is 0.102. The van der Waals surface area contributed by atoms with Crippen molar-refractivity contribution in [1.82, 2.24) is 9.78 Å². The van der Waals surface area contributed by atoms with Gasteiger partial charge in [-0.05, 0) is 48.5 Å². The molecule has 0 radical (unpaired) electrons. The van der Waals surface area contributed by atoms with Gasteiger partial charge < -0.3 is 5.32 Å². The Morgan fingerprint density at radius 1 is 1.11 bits per heavy atom. The number of rotatable bonds is 3. The molecule has 2 aromatic carbocycles. The van der Waals surface area contributed by atoms with E-state index in [4.69, 9.17) is 5.26 Å². The Morgan fingerprint density at radius 3 is 2.30 bits per heavy atom. The molecular formula is C21H19FN4O. The zero-order valence-corrected chi connectivity index (χ0v) is 15.3. The standard InChI is InChI=1S/C21H19FN4O/c1-21(2,3)18-12-19(26(25-18)17-10-8-16(22)9-11-17)24-20(27)15-6-4-14(13-23)5-7-15/h4-12H,1-3H3,(H,24,27). The minimum atomic E-state index is -0.342. The third-order valence-corrected chi connectivity index (χ3v) is 4.07. The first-order valence-electron chi connectivity index (χ1n) is 8.46.